The minimum absolute atomic E-state index is 0.0550. The van der Waals surface area contributed by atoms with Crippen LogP contribution in [0.2, 0.25) is 10.0 Å². The highest BCUT2D eigenvalue weighted by Crippen LogP contribution is 2.27. The molecule has 1 aromatic carbocycles. The SMILES string of the molecule is CCn1c(SCC(=O)N2CCN(C)CC2)nnc1C(NC(=O)c1ccc(Cl)cc1Cl)C(C)C. The first kappa shape index (κ1) is 25.8. The van der Waals surface area contributed by atoms with Crippen LogP contribution in [0.15, 0.2) is 23.4 Å². The Bertz CT molecular complexity index is 991. The highest BCUT2D eigenvalue weighted by atomic mass is 35.5. The first-order chi connectivity index (χ1) is 15.7. The van der Waals surface area contributed by atoms with Crippen LogP contribution < -0.4 is 5.32 Å². The number of nitrogens with one attached hydrogen (secondary N) is 1. The van der Waals surface area contributed by atoms with Crippen molar-refractivity contribution < 1.29 is 9.59 Å². The summed E-state index contributed by atoms with van der Waals surface area (Å²) in [6, 6.07) is 4.41. The molecule has 0 saturated carbocycles. The zero-order valence-electron chi connectivity index (χ0n) is 19.3. The molecule has 180 valence electrons. The molecule has 1 unspecified atom stereocenters. The van der Waals surface area contributed by atoms with Crippen molar-refractivity contribution in [3.63, 3.8) is 0 Å². The fraction of sp³-hybridized carbons (Fsp3) is 0.545. The van der Waals surface area contributed by atoms with Gasteiger partial charge in [-0.2, -0.15) is 0 Å². The van der Waals surface area contributed by atoms with Gasteiger partial charge in [0.1, 0.15) is 0 Å². The van der Waals surface area contributed by atoms with Crippen molar-refractivity contribution in [3.8, 4) is 0 Å². The molecular formula is C22H30Cl2N6O2S. The monoisotopic (exact) mass is 512 g/mol. The van der Waals surface area contributed by atoms with Gasteiger partial charge in [0.2, 0.25) is 5.91 Å². The number of aromatic nitrogens is 3. The Morgan fingerprint density at radius 2 is 1.85 bits per heavy atom. The Balaban J connectivity index is 1.72. The van der Waals surface area contributed by atoms with E-state index in [0.29, 0.717) is 33.9 Å². The first-order valence-electron chi connectivity index (χ1n) is 11.0. The minimum Gasteiger partial charge on any atom is -0.342 e. The molecule has 0 bridgehead atoms. The fourth-order valence-corrected chi connectivity index (χ4v) is 5.04. The zero-order chi connectivity index (χ0) is 24.1. The molecular weight excluding hydrogens is 483 g/mol. The molecule has 0 radical (unpaired) electrons. The lowest BCUT2D eigenvalue weighted by Crippen LogP contribution is -2.47. The van der Waals surface area contributed by atoms with Gasteiger partial charge < -0.3 is 19.7 Å². The number of hydrogen-bond donors (Lipinski definition) is 1. The molecule has 3 rings (SSSR count). The van der Waals surface area contributed by atoms with E-state index in [1.165, 1.54) is 11.8 Å². The van der Waals surface area contributed by atoms with Crippen molar-refractivity contribution in [1.29, 1.82) is 0 Å². The number of likely N-dealkylation sites (N-methyl/N-ethyl adjacent to an activating group) is 1. The van der Waals surface area contributed by atoms with Gasteiger partial charge in [0.25, 0.3) is 5.91 Å². The Kier molecular flexibility index (Phi) is 9.03. The molecule has 1 atom stereocenters. The normalized spacial score (nSPS) is 15.7. The van der Waals surface area contributed by atoms with Crippen LogP contribution in [-0.2, 0) is 11.3 Å². The molecule has 2 aromatic rings. The van der Waals surface area contributed by atoms with Crippen LogP contribution in [0.4, 0.5) is 0 Å². The van der Waals surface area contributed by atoms with Crippen LogP contribution in [0.5, 0.6) is 0 Å². The minimum atomic E-state index is -0.376. The molecule has 1 N–H and O–H groups in total. The number of thioether (sulfide) groups is 1. The summed E-state index contributed by atoms with van der Waals surface area (Å²) in [4.78, 5) is 29.7. The molecule has 1 aliphatic heterocycles. The van der Waals surface area contributed by atoms with Crippen molar-refractivity contribution in [3.05, 3.63) is 39.6 Å². The summed E-state index contributed by atoms with van der Waals surface area (Å²) < 4.78 is 1.95. The summed E-state index contributed by atoms with van der Waals surface area (Å²) in [6.07, 6.45) is 0. The average Bonchev–Trinajstić information content (AvgIpc) is 3.18. The third-order valence-corrected chi connectivity index (χ3v) is 7.15. The van der Waals surface area contributed by atoms with E-state index in [4.69, 9.17) is 23.2 Å². The third-order valence-electron chi connectivity index (χ3n) is 5.65. The standard InChI is InChI=1S/C22H30Cl2N6O2S/c1-5-30-20(19(14(2)3)25-21(32)16-7-6-15(23)12-17(16)24)26-27-22(30)33-13-18(31)29-10-8-28(4)9-11-29/h6-7,12,14,19H,5,8-11,13H2,1-4H3,(H,25,32). The summed E-state index contributed by atoms with van der Waals surface area (Å²) >= 11 is 13.6. The molecule has 33 heavy (non-hydrogen) atoms. The summed E-state index contributed by atoms with van der Waals surface area (Å²) in [5, 5.41) is 13.2. The van der Waals surface area contributed by atoms with E-state index < -0.39 is 0 Å². The molecule has 1 aromatic heterocycles. The van der Waals surface area contributed by atoms with Gasteiger partial charge >= 0.3 is 0 Å². The topological polar surface area (TPSA) is 83.4 Å². The van der Waals surface area contributed by atoms with Crippen molar-refractivity contribution in [1.82, 2.24) is 29.9 Å². The lowest BCUT2D eigenvalue weighted by atomic mass is 10.0. The number of nitrogens with zero attached hydrogens (tertiary/aromatic N) is 5. The van der Waals surface area contributed by atoms with Gasteiger partial charge in [-0.05, 0) is 38.1 Å². The molecule has 1 saturated heterocycles. The highest BCUT2D eigenvalue weighted by molar-refractivity contribution is 7.99. The van der Waals surface area contributed by atoms with Gasteiger partial charge in [-0.25, -0.2) is 0 Å². The van der Waals surface area contributed by atoms with Crippen LogP contribution in [0.3, 0.4) is 0 Å². The molecule has 2 amide bonds. The summed E-state index contributed by atoms with van der Waals surface area (Å²) in [6.45, 7) is 9.90. The predicted molar refractivity (Wildman–Crippen MR) is 132 cm³/mol. The third kappa shape index (κ3) is 6.41. The average molecular weight is 513 g/mol. The van der Waals surface area contributed by atoms with Gasteiger partial charge in [-0.3, -0.25) is 9.59 Å². The van der Waals surface area contributed by atoms with E-state index in [9.17, 15) is 9.59 Å². The lowest BCUT2D eigenvalue weighted by molar-refractivity contribution is -0.129. The number of benzene rings is 1. The van der Waals surface area contributed by atoms with Crippen LogP contribution in [0, 0.1) is 5.92 Å². The number of carbonyl (C=O) groups is 2. The van der Waals surface area contributed by atoms with Gasteiger partial charge in [0.05, 0.1) is 22.4 Å². The van der Waals surface area contributed by atoms with Gasteiger partial charge in [0, 0.05) is 37.7 Å². The summed E-state index contributed by atoms with van der Waals surface area (Å²) in [5.74, 6) is 0.813. The fourth-order valence-electron chi connectivity index (χ4n) is 3.63. The van der Waals surface area contributed by atoms with E-state index in [0.717, 1.165) is 26.2 Å². The Morgan fingerprint density at radius 3 is 2.45 bits per heavy atom. The predicted octanol–water partition coefficient (Wildman–Crippen LogP) is 3.60. The maximum atomic E-state index is 12.9. The smallest absolute Gasteiger partial charge is 0.253 e. The Labute approximate surface area is 209 Å². The van der Waals surface area contributed by atoms with E-state index in [-0.39, 0.29) is 28.8 Å². The van der Waals surface area contributed by atoms with Gasteiger partial charge in [0.15, 0.2) is 11.0 Å². The molecule has 11 heteroatoms. The van der Waals surface area contributed by atoms with E-state index in [1.54, 1.807) is 18.2 Å². The van der Waals surface area contributed by atoms with E-state index >= 15 is 0 Å². The van der Waals surface area contributed by atoms with E-state index in [2.05, 4.69) is 27.5 Å². The number of carbonyl (C=O) groups excluding carboxylic acids is 2. The maximum Gasteiger partial charge on any atom is 0.253 e. The second kappa shape index (κ2) is 11.6. The Hall–Kier alpha value is -1.81. The highest BCUT2D eigenvalue weighted by Gasteiger charge is 2.27. The zero-order valence-corrected chi connectivity index (χ0v) is 21.7. The van der Waals surface area contributed by atoms with Gasteiger partial charge in [-0.15, -0.1) is 10.2 Å². The second-order valence-electron chi connectivity index (χ2n) is 8.38. The molecule has 2 heterocycles. The molecule has 8 nitrogen and oxygen atoms in total. The van der Waals surface area contributed by atoms with Crippen LogP contribution >= 0.6 is 35.0 Å². The lowest BCUT2D eigenvalue weighted by Gasteiger charge is -2.32. The number of amides is 2. The largest absolute Gasteiger partial charge is 0.342 e. The molecule has 0 aliphatic carbocycles. The Morgan fingerprint density at radius 1 is 1.15 bits per heavy atom. The van der Waals surface area contributed by atoms with Crippen molar-refractivity contribution in [2.45, 2.75) is 38.5 Å². The molecule has 0 spiro atoms. The van der Waals surface area contributed by atoms with Crippen LogP contribution in [0.25, 0.3) is 0 Å². The first-order valence-corrected chi connectivity index (χ1v) is 12.7. The number of rotatable bonds is 8. The molecule has 1 aliphatic rings. The maximum absolute atomic E-state index is 12.9. The van der Waals surface area contributed by atoms with Crippen LogP contribution in [-0.4, -0.2) is 75.4 Å². The summed E-state index contributed by atoms with van der Waals surface area (Å²) in [5.41, 5.74) is 0.349. The van der Waals surface area contributed by atoms with Crippen molar-refractivity contribution >= 4 is 46.8 Å². The second-order valence-corrected chi connectivity index (χ2v) is 10.2. The van der Waals surface area contributed by atoms with E-state index in [1.807, 2.05) is 30.2 Å². The van der Waals surface area contributed by atoms with Crippen LogP contribution in [0.1, 0.15) is 43.0 Å². The van der Waals surface area contributed by atoms with Crippen molar-refractivity contribution in [2.24, 2.45) is 5.92 Å². The van der Waals surface area contributed by atoms with Gasteiger partial charge in [-0.1, -0.05) is 48.8 Å². The number of hydrogen-bond acceptors (Lipinski definition) is 6. The number of halogens is 2. The quantitative estimate of drug-likeness (QED) is 0.544. The number of piperazine rings is 1. The summed E-state index contributed by atoms with van der Waals surface area (Å²) in [7, 11) is 2.06. The van der Waals surface area contributed by atoms with Crippen molar-refractivity contribution in [2.75, 3.05) is 39.0 Å². The molecule has 1 fully saturated rings.